The van der Waals surface area contributed by atoms with E-state index in [2.05, 4.69) is 5.32 Å². The van der Waals surface area contributed by atoms with Gasteiger partial charge in [0.15, 0.2) is 6.61 Å². The highest BCUT2D eigenvalue weighted by atomic mass is 35.5. The Hall–Kier alpha value is -1.95. The lowest BCUT2D eigenvalue weighted by Crippen LogP contribution is -2.37. The number of ether oxygens (including phenoxy) is 1. The molecule has 25 heavy (non-hydrogen) atoms. The smallest absolute Gasteiger partial charge is 0.260 e. The number of para-hydroxylation sites is 1. The van der Waals surface area contributed by atoms with Crippen LogP contribution < -0.4 is 10.1 Å². The molecule has 0 bridgehead atoms. The van der Waals surface area contributed by atoms with E-state index in [0.29, 0.717) is 26.5 Å². The van der Waals surface area contributed by atoms with Crippen LogP contribution in [0.25, 0.3) is 0 Å². The maximum absolute atomic E-state index is 12.1. The molecule has 0 saturated heterocycles. The number of carbonyl (C=O) groups excluding carboxylic acids is 2. The lowest BCUT2D eigenvalue weighted by molar-refractivity contribution is -0.135. The van der Waals surface area contributed by atoms with Gasteiger partial charge in [0.2, 0.25) is 5.91 Å². The first kappa shape index (κ1) is 19.4. The topological polar surface area (TPSA) is 58.6 Å². The van der Waals surface area contributed by atoms with Gasteiger partial charge in [0.1, 0.15) is 5.75 Å². The highest BCUT2D eigenvalue weighted by Crippen LogP contribution is 2.29. The summed E-state index contributed by atoms with van der Waals surface area (Å²) in [5, 5.41) is 3.74. The van der Waals surface area contributed by atoms with Crippen LogP contribution in [0.4, 0.5) is 5.69 Å². The Balaban J connectivity index is 1.87. The molecular weight excluding hydrogens is 387 g/mol. The summed E-state index contributed by atoms with van der Waals surface area (Å²) < 4.78 is 5.36. The first-order chi connectivity index (χ1) is 11.9. The predicted octanol–water partition coefficient (Wildman–Crippen LogP) is 4.12. The third kappa shape index (κ3) is 5.81. The molecule has 132 valence electrons. The molecule has 2 aromatic rings. The molecule has 0 aliphatic rings. The molecule has 0 radical (unpaired) electrons. The lowest BCUT2D eigenvalue weighted by Gasteiger charge is -2.18. The number of benzene rings is 2. The molecule has 2 amide bonds. The number of carbonyl (C=O) groups is 2. The second-order valence-electron chi connectivity index (χ2n) is 5.14. The number of hydrogen-bond acceptors (Lipinski definition) is 3. The normalized spacial score (nSPS) is 10.2. The van der Waals surface area contributed by atoms with E-state index in [-0.39, 0.29) is 19.1 Å². The van der Waals surface area contributed by atoms with E-state index in [1.807, 2.05) is 0 Å². The standard InChI is InChI=1S/C17H15Cl3N2O3/c1-22(16(24)10-25-12-5-2-4-11(18)8-12)9-15(23)21-17-13(19)6-3-7-14(17)20/h2-8H,9-10H2,1H3,(H,21,23). The van der Waals surface area contributed by atoms with Gasteiger partial charge in [-0.2, -0.15) is 0 Å². The van der Waals surface area contributed by atoms with E-state index in [9.17, 15) is 9.59 Å². The largest absolute Gasteiger partial charge is 0.484 e. The van der Waals surface area contributed by atoms with Crippen LogP contribution in [0.5, 0.6) is 5.75 Å². The Morgan fingerprint density at radius 1 is 1.08 bits per heavy atom. The summed E-state index contributed by atoms with van der Waals surface area (Å²) in [5.41, 5.74) is 0.312. The zero-order valence-electron chi connectivity index (χ0n) is 13.3. The highest BCUT2D eigenvalue weighted by molar-refractivity contribution is 6.39. The fourth-order valence-electron chi connectivity index (χ4n) is 1.91. The summed E-state index contributed by atoms with van der Waals surface area (Å²) in [6, 6.07) is 11.6. The first-order valence-electron chi connectivity index (χ1n) is 7.23. The number of anilines is 1. The summed E-state index contributed by atoms with van der Waals surface area (Å²) in [7, 11) is 1.50. The van der Waals surface area contributed by atoms with Gasteiger partial charge < -0.3 is 15.0 Å². The highest BCUT2D eigenvalue weighted by Gasteiger charge is 2.16. The quantitative estimate of drug-likeness (QED) is 0.792. The van der Waals surface area contributed by atoms with Crippen LogP contribution >= 0.6 is 34.8 Å². The number of rotatable bonds is 6. The van der Waals surface area contributed by atoms with Crippen molar-refractivity contribution in [3.63, 3.8) is 0 Å². The Morgan fingerprint density at radius 3 is 2.36 bits per heavy atom. The van der Waals surface area contributed by atoms with Crippen molar-refractivity contribution < 1.29 is 14.3 Å². The molecule has 0 heterocycles. The van der Waals surface area contributed by atoms with Crippen molar-refractivity contribution in [3.05, 3.63) is 57.5 Å². The van der Waals surface area contributed by atoms with Gasteiger partial charge in [-0.05, 0) is 30.3 Å². The average molecular weight is 402 g/mol. The number of nitrogens with zero attached hydrogens (tertiary/aromatic N) is 1. The van der Waals surface area contributed by atoms with Crippen molar-refractivity contribution >= 4 is 52.3 Å². The minimum Gasteiger partial charge on any atom is -0.484 e. The third-order valence-corrected chi connectivity index (χ3v) is 4.06. The van der Waals surface area contributed by atoms with Crippen LogP contribution in [-0.2, 0) is 9.59 Å². The first-order valence-corrected chi connectivity index (χ1v) is 8.36. The van der Waals surface area contributed by atoms with Gasteiger partial charge in [0.05, 0.1) is 22.3 Å². The summed E-state index contributed by atoms with van der Waals surface area (Å²) in [5.74, 6) is -0.310. The minimum absolute atomic E-state index is 0.167. The van der Waals surface area contributed by atoms with Crippen molar-refractivity contribution in [1.82, 2.24) is 4.90 Å². The van der Waals surface area contributed by atoms with E-state index in [1.54, 1.807) is 42.5 Å². The summed E-state index contributed by atoms with van der Waals surface area (Å²) in [4.78, 5) is 25.4. The van der Waals surface area contributed by atoms with Crippen molar-refractivity contribution in [2.45, 2.75) is 0 Å². The fourth-order valence-corrected chi connectivity index (χ4v) is 2.58. The number of likely N-dealkylation sites (N-methyl/N-ethyl adjacent to an activating group) is 1. The molecule has 0 fully saturated rings. The maximum Gasteiger partial charge on any atom is 0.260 e. The molecule has 0 saturated carbocycles. The predicted molar refractivity (Wildman–Crippen MR) is 99.7 cm³/mol. The SMILES string of the molecule is CN(CC(=O)Nc1c(Cl)cccc1Cl)C(=O)COc1cccc(Cl)c1. The number of amides is 2. The molecule has 0 aliphatic heterocycles. The van der Waals surface area contributed by atoms with Gasteiger partial charge in [-0.1, -0.05) is 46.9 Å². The Labute approximate surface area is 160 Å². The van der Waals surface area contributed by atoms with Gasteiger partial charge in [0.25, 0.3) is 5.91 Å². The third-order valence-electron chi connectivity index (χ3n) is 3.19. The molecule has 0 aromatic heterocycles. The van der Waals surface area contributed by atoms with E-state index in [4.69, 9.17) is 39.5 Å². The van der Waals surface area contributed by atoms with E-state index >= 15 is 0 Å². The van der Waals surface area contributed by atoms with Crippen LogP contribution in [0.1, 0.15) is 0 Å². The molecule has 5 nitrogen and oxygen atoms in total. The summed E-state index contributed by atoms with van der Waals surface area (Å²) in [6.07, 6.45) is 0. The Morgan fingerprint density at radius 2 is 1.72 bits per heavy atom. The molecule has 0 unspecified atom stereocenters. The van der Waals surface area contributed by atoms with Crippen LogP contribution in [0.2, 0.25) is 15.1 Å². The molecule has 0 aliphatic carbocycles. The second kappa shape index (κ2) is 8.94. The van der Waals surface area contributed by atoms with Crippen LogP contribution in [-0.4, -0.2) is 36.9 Å². The van der Waals surface area contributed by atoms with Gasteiger partial charge in [-0.3, -0.25) is 9.59 Å². The van der Waals surface area contributed by atoms with Crippen molar-refractivity contribution in [2.24, 2.45) is 0 Å². The zero-order chi connectivity index (χ0) is 18.4. The van der Waals surface area contributed by atoms with Crippen molar-refractivity contribution in [2.75, 3.05) is 25.5 Å². The summed E-state index contributed by atoms with van der Waals surface area (Å²) in [6.45, 7) is -0.379. The van der Waals surface area contributed by atoms with Crippen LogP contribution in [0.3, 0.4) is 0 Å². The average Bonchev–Trinajstić information content (AvgIpc) is 2.56. The molecule has 8 heteroatoms. The lowest BCUT2D eigenvalue weighted by atomic mass is 10.3. The minimum atomic E-state index is -0.423. The second-order valence-corrected chi connectivity index (χ2v) is 6.39. The molecule has 0 spiro atoms. The van der Waals surface area contributed by atoms with Crippen LogP contribution in [0.15, 0.2) is 42.5 Å². The fraction of sp³-hybridized carbons (Fsp3) is 0.176. The molecule has 1 N–H and O–H groups in total. The Bertz CT molecular complexity index is 763. The van der Waals surface area contributed by atoms with Crippen molar-refractivity contribution in [1.29, 1.82) is 0 Å². The monoisotopic (exact) mass is 400 g/mol. The van der Waals surface area contributed by atoms with Gasteiger partial charge in [0, 0.05) is 12.1 Å². The van der Waals surface area contributed by atoms with E-state index < -0.39 is 5.91 Å². The van der Waals surface area contributed by atoms with Crippen molar-refractivity contribution in [3.8, 4) is 5.75 Å². The van der Waals surface area contributed by atoms with E-state index in [0.717, 1.165) is 0 Å². The van der Waals surface area contributed by atoms with E-state index in [1.165, 1.54) is 11.9 Å². The number of hydrogen-bond donors (Lipinski definition) is 1. The maximum atomic E-state index is 12.1. The van der Waals surface area contributed by atoms with Gasteiger partial charge in [-0.15, -0.1) is 0 Å². The Kier molecular flexibility index (Phi) is 6.93. The van der Waals surface area contributed by atoms with Gasteiger partial charge >= 0.3 is 0 Å². The summed E-state index contributed by atoms with van der Waals surface area (Å²) >= 11 is 17.8. The molecular formula is C17H15Cl3N2O3. The number of nitrogens with one attached hydrogen (secondary N) is 1. The molecule has 2 rings (SSSR count). The van der Waals surface area contributed by atoms with Gasteiger partial charge in [-0.25, -0.2) is 0 Å². The molecule has 2 aromatic carbocycles. The zero-order valence-corrected chi connectivity index (χ0v) is 15.5. The van der Waals surface area contributed by atoms with Crippen LogP contribution in [0, 0.1) is 0 Å². The molecule has 0 atom stereocenters. The number of halogens is 3.